The van der Waals surface area contributed by atoms with Crippen molar-refractivity contribution >= 4 is 5.97 Å². The van der Waals surface area contributed by atoms with Gasteiger partial charge in [-0.15, -0.1) is 6.58 Å². The number of benzene rings is 1. The second kappa shape index (κ2) is 8.86. The predicted molar refractivity (Wildman–Crippen MR) is 104 cm³/mol. The summed E-state index contributed by atoms with van der Waals surface area (Å²) in [5.74, 6) is 0.508. The monoisotopic (exact) mass is 355 g/mol. The number of nitrogens with zero attached hydrogens (tertiary/aromatic N) is 1. The maximum atomic E-state index is 12.5. The number of hydrogen-bond acceptors (Lipinski definition) is 4. The van der Waals surface area contributed by atoms with E-state index in [1.165, 1.54) is 5.56 Å². The predicted octanol–water partition coefficient (Wildman–Crippen LogP) is 5.30. The van der Waals surface area contributed by atoms with Gasteiger partial charge in [0.05, 0.1) is 18.7 Å². The molecule has 0 N–H and O–H groups in total. The molecule has 140 valence electrons. The number of hydrogen-bond donors (Lipinski definition) is 0. The van der Waals surface area contributed by atoms with E-state index in [9.17, 15) is 4.79 Å². The van der Waals surface area contributed by atoms with E-state index in [1.807, 2.05) is 57.2 Å². The van der Waals surface area contributed by atoms with Crippen LogP contribution in [0.4, 0.5) is 0 Å². The van der Waals surface area contributed by atoms with E-state index in [1.54, 1.807) is 6.26 Å². The SMILES string of the molecule is C=CCN(C(CC(=O)OC(C)(C)C)c1ccco1)[C@H](C)c1ccccc1. The third-order valence-electron chi connectivity index (χ3n) is 4.17. The first-order valence-electron chi connectivity index (χ1n) is 8.98. The molecule has 1 aromatic carbocycles. The summed E-state index contributed by atoms with van der Waals surface area (Å²) in [5, 5.41) is 0. The van der Waals surface area contributed by atoms with E-state index >= 15 is 0 Å². The van der Waals surface area contributed by atoms with Gasteiger partial charge in [0.15, 0.2) is 0 Å². The molecule has 0 saturated heterocycles. The van der Waals surface area contributed by atoms with Gasteiger partial charge in [-0.25, -0.2) is 0 Å². The van der Waals surface area contributed by atoms with Crippen molar-refractivity contribution in [3.63, 3.8) is 0 Å². The van der Waals surface area contributed by atoms with Crippen LogP contribution in [0.3, 0.4) is 0 Å². The third-order valence-corrected chi connectivity index (χ3v) is 4.17. The fourth-order valence-electron chi connectivity index (χ4n) is 3.03. The molecule has 0 saturated carbocycles. The van der Waals surface area contributed by atoms with Crippen molar-refractivity contribution in [2.24, 2.45) is 0 Å². The highest BCUT2D eigenvalue weighted by molar-refractivity contribution is 5.70. The minimum absolute atomic E-state index is 0.0896. The van der Waals surface area contributed by atoms with E-state index in [2.05, 4.69) is 30.5 Å². The Labute approximate surface area is 156 Å². The van der Waals surface area contributed by atoms with Crippen molar-refractivity contribution in [1.29, 1.82) is 0 Å². The first-order valence-corrected chi connectivity index (χ1v) is 8.98. The molecule has 0 bridgehead atoms. The summed E-state index contributed by atoms with van der Waals surface area (Å²) in [5.41, 5.74) is 0.661. The zero-order valence-corrected chi connectivity index (χ0v) is 16.1. The van der Waals surface area contributed by atoms with E-state index in [-0.39, 0.29) is 24.5 Å². The summed E-state index contributed by atoms with van der Waals surface area (Å²) in [4.78, 5) is 14.7. The van der Waals surface area contributed by atoms with E-state index in [4.69, 9.17) is 9.15 Å². The van der Waals surface area contributed by atoms with Crippen LogP contribution in [0.25, 0.3) is 0 Å². The van der Waals surface area contributed by atoms with Crippen molar-refractivity contribution in [2.75, 3.05) is 6.54 Å². The molecule has 0 spiro atoms. The molecule has 26 heavy (non-hydrogen) atoms. The van der Waals surface area contributed by atoms with E-state index in [0.29, 0.717) is 6.54 Å². The molecule has 0 radical (unpaired) electrons. The molecule has 1 unspecified atom stereocenters. The molecule has 1 heterocycles. The lowest BCUT2D eigenvalue weighted by Crippen LogP contribution is -2.34. The topological polar surface area (TPSA) is 42.7 Å². The minimum Gasteiger partial charge on any atom is -0.468 e. The van der Waals surface area contributed by atoms with E-state index in [0.717, 1.165) is 5.76 Å². The lowest BCUT2D eigenvalue weighted by atomic mass is 10.0. The number of furan rings is 1. The summed E-state index contributed by atoms with van der Waals surface area (Å²) in [7, 11) is 0. The second-order valence-electron chi connectivity index (χ2n) is 7.39. The number of esters is 1. The zero-order chi connectivity index (χ0) is 19.2. The van der Waals surface area contributed by atoms with Gasteiger partial charge in [-0.3, -0.25) is 9.69 Å². The van der Waals surface area contributed by atoms with Crippen molar-refractivity contribution in [1.82, 2.24) is 4.90 Å². The average Bonchev–Trinajstić information content (AvgIpc) is 3.11. The van der Waals surface area contributed by atoms with Crippen LogP contribution >= 0.6 is 0 Å². The summed E-state index contributed by atoms with van der Waals surface area (Å²) in [6.07, 6.45) is 3.71. The van der Waals surface area contributed by atoms with Crippen molar-refractivity contribution < 1.29 is 13.9 Å². The van der Waals surface area contributed by atoms with Crippen LogP contribution in [0.5, 0.6) is 0 Å². The molecule has 2 aromatic rings. The Hall–Kier alpha value is -2.33. The summed E-state index contributed by atoms with van der Waals surface area (Å²) >= 11 is 0. The highest BCUT2D eigenvalue weighted by Crippen LogP contribution is 2.33. The molecular formula is C22H29NO3. The van der Waals surface area contributed by atoms with Crippen molar-refractivity contribution in [3.8, 4) is 0 Å². The van der Waals surface area contributed by atoms with Crippen LogP contribution in [0.15, 0.2) is 65.8 Å². The van der Waals surface area contributed by atoms with Gasteiger partial charge in [0.25, 0.3) is 0 Å². The summed E-state index contributed by atoms with van der Waals surface area (Å²) in [6, 6.07) is 13.8. The van der Waals surface area contributed by atoms with Gasteiger partial charge in [-0.05, 0) is 45.4 Å². The Morgan fingerprint density at radius 1 is 1.23 bits per heavy atom. The molecule has 4 nitrogen and oxygen atoms in total. The quantitative estimate of drug-likeness (QED) is 0.476. The number of ether oxygens (including phenoxy) is 1. The molecule has 2 atom stereocenters. The van der Waals surface area contributed by atoms with Crippen LogP contribution in [0.1, 0.15) is 57.5 Å². The molecule has 0 fully saturated rings. The Bertz CT molecular complexity index is 686. The van der Waals surface area contributed by atoms with Crippen LogP contribution in [-0.2, 0) is 9.53 Å². The lowest BCUT2D eigenvalue weighted by molar-refractivity contribution is -0.156. The lowest BCUT2D eigenvalue weighted by Gasteiger charge is -2.35. The summed E-state index contributed by atoms with van der Waals surface area (Å²) in [6.45, 7) is 12.3. The van der Waals surface area contributed by atoms with Crippen molar-refractivity contribution in [3.05, 3.63) is 72.7 Å². The van der Waals surface area contributed by atoms with Gasteiger partial charge < -0.3 is 9.15 Å². The van der Waals surface area contributed by atoms with Gasteiger partial charge in [0.2, 0.25) is 0 Å². The van der Waals surface area contributed by atoms with Crippen molar-refractivity contribution in [2.45, 2.75) is 51.8 Å². The van der Waals surface area contributed by atoms with Crippen LogP contribution < -0.4 is 0 Å². The smallest absolute Gasteiger partial charge is 0.308 e. The van der Waals surface area contributed by atoms with E-state index < -0.39 is 5.60 Å². The minimum atomic E-state index is -0.515. The fraction of sp³-hybridized carbons (Fsp3) is 0.409. The third kappa shape index (κ3) is 5.60. The maximum Gasteiger partial charge on any atom is 0.308 e. The Kier molecular flexibility index (Phi) is 6.81. The first-order chi connectivity index (χ1) is 12.3. The molecule has 0 aliphatic rings. The van der Waals surface area contributed by atoms with Gasteiger partial charge in [-0.2, -0.15) is 0 Å². The maximum absolute atomic E-state index is 12.5. The molecule has 2 rings (SSSR count). The Balaban J connectivity index is 2.31. The van der Waals surface area contributed by atoms with Gasteiger partial charge in [0.1, 0.15) is 11.4 Å². The molecule has 4 heteroatoms. The molecule has 0 aliphatic carbocycles. The second-order valence-corrected chi connectivity index (χ2v) is 7.39. The fourth-order valence-corrected chi connectivity index (χ4v) is 3.03. The summed E-state index contributed by atoms with van der Waals surface area (Å²) < 4.78 is 11.2. The molecule has 0 amide bonds. The molecular weight excluding hydrogens is 326 g/mol. The molecule has 1 aromatic heterocycles. The van der Waals surface area contributed by atoms with Crippen LogP contribution in [-0.4, -0.2) is 23.0 Å². The normalized spacial score (nSPS) is 14.0. The number of rotatable bonds is 8. The standard InChI is InChI=1S/C22H29NO3/c1-6-14-23(17(2)18-11-8-7-9-12-18)19(20-13-10-15-25-20)16-21(24)26-22(3,4)5/h6-13,15,17,19H,1,14,16H2,2-5H3/t17-,19?/m1/s1. The zero-order valence-electron chi connectivity index (χ0n) is 16.1. The van der Waals surface area contributed by atoms with Crippen LogP contribution in [0.2, 0.25) is 0 Å². The average molecular weight is 355 g/mol. The largest absolute Gasteiger partial charge is 0.468 e. The number of carbonyl (C=O) groups excluding carboxylic acids is 1. The van der Waals surface area contributed by atoms with Crippen LogP contribution in [0, 0.1) is 0 Å². The Morgan fingerprint density at radius 2 is 1.92 bits per heavy atom. The Morgan fingerprint density at radius 3 is 2.46 bits per heavy atom. The molecule has 0 aliphatic heterocycles. The van der Waals surface area contributed by atoms with Gasteiger partial charge in [-0.1, -0.05) is 36.4 Å². The number of carbonyl (C=O) groups is 1. The highest BCUT2D eigenvalue weighted by Gasteiger charge is 2.31. The van der Waals surface area contributed by atoms with Gasteiger partial charge in [0, 0.05) is 12.6 Å². The first kappa shape index (κ1) is 20.0. The van der Waals surface area contributed by atoms with Gasteiger partial charge >= 0.3 is 5.97 Å². The highest BCUT2D eigenvalue weighted by atomic mass is 16.6.